The third kappa shape index (κ3) is 3.54. The van der Waals surface area contributed by atoms with Crippen molar-refractivity contribution in [2.45, 2.75) is 10.6 Å². The van der Waals surface area contributed by atoms with Crippen LogP contribution in [0, 0.1) is 0 Å². The number of hydrogen-bond donors (Lipinski definition) is 1. The highest BCUT2D eigenvalue weighted by atomic mass is 35.5. The number of sulfone groups is 1. The van der Waals surface area contributed by atoms with E-state index >= 15 is 0 Å². The largest absolute Gasteiger partial charge is 0.223 e. The van der Waals surface area contributed by atoms with E-state index in [2.05, 4.69) is 20.6 Å². The molecule has 10 heteroatoms. The molecule has 0 saturated heterocycles. The molecule has 1 heterocycles. The van der Waals surface area contributed by atoms with Crippen LogP contribution in [0.5, 0.6) is 0 Å². The summed E-state index contributed by atoms with van der Waals surface area (Å²) in [4.78, 5) is -0.139. The Balaban J connectivity index is 1.98. The fraction of sp³-hybridized carbons (Fsp3) is 0.0714. The van der Waals surface area contributed by atoms with Gasteiger partial charge in [-0.25, -0.2) is 8.42 Å². The monoisotopic (exact) mass is 402 g/mol. The van der Waals surface area contributed by atoms with Crippen LogP contribution in [0.25, 0.3) is 11.4 Å². The molecular weight excluding hydrogens is 395 g/mol. The fourth-order valence-corrected chi connectivity index (χ4v) is 5.20. The Morgan fingerprint density at radius 1 is 1.04 bits per heavy atom. The number of benzene rings is 2. The minimum absolute atomic E-state index is 0.0122. The summed E-state index contributed by atoms with van der Waals surface area (Å²) in [6.07, 6.45) is 0. The smallest absolute Gasteiger partial charge is 0.204 e. The first kappa shape index (κ1) is 17.2. The van der Waals surface area contributed by atoms with Gasteiger partial charge >= 0.3 is 0 Å². The predicted molar refractivity (Wildman–Crippen MR) is 92.0 cm³/mol. The van der Waals surface area contributed by atoms with E-state index in [0.717, 1.165) is 0 Å². The van der Waals surface area contributed by atoms with Crippen molar-refractivity contribution in [1.29, 1.82) is 0 Å². The first-order valence-corrected chi connectivity index (χ1v) is 9.35. The van der Waals surface area contributed by atoms with Crippen LogP contribution in [-0.2, 0) is 15.6 Å². The molecule has 0 atom stereocenters. The molecule has 0 radical (unpaired) electrons. The van der Waals surface area contributed by atoms with Crippen LogP contribution in [0.15, 0.2) is 41.3 Å². The predicted octanol–water partition coefficient (Wildman–Crippen LogP) is 3.80. The van der Waals surface area contributed by atoms with Gasteiger partial charge in [0.1, 0.15) is 4.90 Å². The lowest BCUT2D eigenvalue weighted by Gasteiger charge is -2.10. The number of nitrogens with zero attached hydrogens (tertiary/aromatic N) is 3. The number of aromatic nitrogens is 4. The molecule has 0 aliphatic rings. The molecule has 1 aromatic heterocycles. The summed E-state index contributed by atoms with van der Waals surface area (Å²) in [5.74, 6) is 0.0940. The molecule has 3 aromatic rings. The highest BCUT2D eigenvalue weighted by Crippen LogP contribution is 2.34. The molecule has 3 rings (SSSR count). The first-order valence-electron chi connectivity index (χ1n) is 6.57. The summed E-state index contributed by atoms with van der Waals surface area (Å²) in [5, 5.41) is 13.8. The Morgan fingerprint density at radius 2 is 1.75 bits per heavy atom. The van der Waals surface area contributed by atoms with Crippen LogP contribution in [-0.4, -0.2) is 29.0 Å². The summed E-state index contributed by atoms with van der Waals surface area (Å²) < 4.78 is 25.4. The molecule has 0 aliphatic carbocycles. The second kappa shape index (κ2) is 6.68. The number of halogens is 3. The molecule has 0 unspecified atom stereocenters. The lowest BCUT2D eigenvalue weighted by molar-refractivity contribution is 0.595. The number of aromatic amines is 1. The zero-order chi connectivity index (χ0) is 17.3. The van der Waals surface area contributed by atoms with Crippen LogP contribution in [0.4, 0.5) is 0 Å². The summed E-state index contributed by atoms with van der Waals surface area (Å²) in [7, 11) is -3.76. The van der Waals surface area contributed by atoms with Gasteiger partial charge < -0.3 is 0 Å². The van der Waals surface area contributed by atoms with E-state index in [1.54, 1.807) is 24.3 Å². The van der Waals surface area contributed by atoms with Crippen LogP contribution < -0.4 is 0 Å². The maximum atomic E-state index is 12.7. The van der Waals surface area contributed by atoms with E-state index in [0.29, 0.717) is 17.0 Å². The molecule has 0 spiro atoms. The summed E-state index contributed by atoms with van der Waals surface area (Å²) in [6, 6.07) is 9.50. The Morgan fingerprint density at radius 3 is 2.38 bits per heavy atom. The minimum atomic E-state index is -3.76. The van der Waals surface area contributed by atoms with Crippen LogP contribution in [0.3, 0.4) is 0 Å². The Kier molecular flexibility index (Phi) is 4.78. The normalized spacial score (nSPS) is 11.6. The number of tetrazole rings is 1. The molecule has 0 fully saturated rings. The van der Waals surface area contributed by atoms with Gasteiger partial charge in [-0.3, -0.25) is 0 Å². The van der Waals surface area contributed by atoms with E-state index < -0.39 is 9.84 Å². The molecular formula is C14H9Cl3N4O2S. The van der Waals surface area contributed by atoms with E-state index in [9.17, 15) is 8.42 Å². The molecule has 0 bridgehead atoms. The molecule has 6 nitrogen and oxygen atoms in total. The van der Waals surface area contributed by atoms with Crippen molar-refractivity contribution in [1.82, 2.24) is 20.6 Å². The van der Waals surface area contributed by atoms with E-state index in [4.69, 9.17) is 34.8 Å². The van der Waals surface area contributed by atoms with Crippen molar-refractivity contribution < 1.29 is 8.42 Å². The zero-order valence-electron chi connectivity index (χ0n) is 11.9. The van der Waals surface area contributed by atoms with Crippen LogP contribution in [0.1, 0.15) is 5.56 Å². The van der Waals surface area contributed by atoms with Crippen LogP contribution in [0.2, 0.25) is 15.1 Å². The molecule has 124 valence electrons. The molecule has 0 amide bonds. The van der Waals surface area contributed by atoms with E-state index in [1.807, 2.05) is 0 Å². The van der Waals surface area contributed by atoms with Gasteiger partial charge in [0.15, 0.2) is 9.84 Å². The molecule has 1 N–H and O–H groups in total. The van der Waals surface area contributed by atoms with E-state index in [-0.39, 0.29) is 25.7 Å². The second-order valence-corrected chi connectivity index (χ2v) is 8.07. The average molecular weight is 404 g/mol. The number of nitrogens with one attached hydrogen (secondary N) is 1. The third-order valence-corrected chi connectivity index (χ3v) is 5.97. The maximum absolute atomic E-state index is 12.7. The molecule has 0 aliphatic heterocycles. The van der Waals surface area contributed by atoms with Gasteiger partial charge in [-0.15, -0.1) is 10.2 Å². The maximum Gasteiger partial charge on any atom is 0.204 e. The van der Waals surface area contributed by atoms with Crippen LogP contribution >= 0.6 is 34.8 Å². The quantitative estimate of drug-likeness (QED) is 0.715. The van der Waals surface area contributed by atoms with Crippen molar-refractivity contribution in [2.75, 3.05) is 0 Å². The van der Waals surface area contributed by atoms with Crippen molar-refractivity contribution in [2.24, 2.45) is 0 Å². The lowest BCUT2D eigenvalue weighted by Crippen LogP contribution is -2.07. The van der Waals surface area contributed by atoms with Crippen molar-refractivity contribution in [3.05, 3.63) is 57.0 Å². The average Bonchev–Trinajstić information content (AvgIpc) is 2.99. The molecule has 24 heavy (non-hydrogen) atoms. The minimum Gasteiger partial charge on any atom is -0.223 e. The van der Waals surface area contributed by atoms with Gasteiger partial charge in [-0.05, 0) is 29.0 Å². The van der Waals surface area contributed by atoms with Crippen molar-refractivity contribution in [3.8, 4) is 11.4 Å². The molecule has 2 aromatic carbocycles. The fourth-order valence-electron chi connectivity index (χ4n) is 2.20. The standard InChI is InChI=1S/C14H9Cl3N4O2S/c15-10-5-11(16)13(12(17)6-10)24(22,23)7-8-2-1-3-9(4-8)14-18-20-21-19-14/h1-6H,7H2,(H,18,19,20,21). The highest BCUT2D eigenvalue weighted by Gasteiger charge is 2.23. The Bertz CT molecular complexity index is 968. The number of hydrogen-bond acceptors (Lipinski definition) is 5. The van der Waals surface area contributed by atoms with Gasteiger partial charge in [0.25, 0.3) is 0 Å². The van der Waals surface area contributed by atoms with Gasteiger partial charge in [-0.1, -0.05) is 53.0 Å². The van der Waals surface area contributed by atoms with E-state index in [1.165, 1.54) is 12.1 Å². The van der Waals surface area contributed by atoms with Gasteiger partial charge in [0, 0.05) is 10.6 Å². The summed E-state index contributed by atoms with van der Waals surface area (Å²) in [6.45, 7) is 0. The third-order valence-electron chi connectivity index (χ3n) is 3.16. The Labute approximate surface area is 152 Å². The van der Waals surface area contributed by atoms with Gasteiger partial charge in [0.05, 0.1) is 15.8 Å². The van der Waals surface area contributed by atoms with Gasteiger partial charge in [0.2, 0.25) is 5.82 Å². The topological polar surface area (TPSA) is 88.6 Å². The SMILES string of the molecule is O=S(=O)(Cc1cccc(-c2nn[nH]n2)c1)c1c(Cl)cc(Cl)cc1Cl. The lowest BCUT2D eigenvalue weighted by atomic mass is 10.1. The summed E-state index contributed by atoms with van der Waals surface area (Å²) in [5.41, 5.74) is 1.18. The second-order valence-electron chi connectivity index (χ2n) is 4.89. The Hall–Kier alpha value is -1.67. The van der Waals surface area contributed by atoms with Crippen molar-refractivity contribution in [3.63, 3.8) is 0 Å². The van der Waals surface area contributed by atoms with Crippen molar-refractivity contribution >= 4 is 44.6 Å². The summed E-state index contributed by atoms with van der Waals surface area (Å²) >= 11 is 17.9. The number of H-pyrrole nitrogens is 1. The zero-order valence-corrected chi connectivity index (χ0v) is 15.0. The first-order chi connectivity index (χ1) is 11.4. The van der Waals surface area contributed by atoms with Gasteiger partial charge in [-0.2, -0.15) is 5.21 Å². The number of rotatable bonds is 4. The highest BCUT2D eigenvalue weighted by molar-refractivity contribution is 7.90. The molecule has 0 saturated carbocycles.